The molecule has 1 heterocycles. The molecule has 0 amide bonds. The molecule has 1 spiro atoms. The Hall–Kier alpha value is -0.780. The third-order valence-electron chi connectivity index (χ3n) is 5.45. The summed E-state index contributed by atoms with van der Waals surface area (Å²) in [5.74, 6) is 1.01. The van der Waals surface area contributed by atoms with Gasteiger partial charge in [-0.2, -0.15) is 0 Å². The normalized spacial score (nSPS) is 22.6. The van der Waals surface area contributed by atoms with E-state index in [1.165, 1.54) is 38.5 Å². The second kappa shape index (κ2) is 6.99. The Kier molecular flexibility index (Phi) is 5.64. The van der Waals surface area contributed by atoms with Gasteiger partial charge in [0.1, 0.15) is 0 Å². The number of likely N-dealkylation sites (tertiary alicyclic amines) is 1. The van der Waals surface area contributed by atoms with E-state index in [2.05, 4.69) is 15.2 Å². The zero-order chi connectivity index (χ0) is 17.1. The van der Waals surface area contributed by atoms with Gasteiger partial charge >= 0.3 is 0 Å². The maximum absolute atomic E-state index is 12.2. The molecule has 1 aliphatic heterocycles. The molecule has 23 heavy (non-hydrogen) atoms. The zero-order valence-electron chi connectivity index (χ0n) is 15.2. The molecule has 1 saturated carbocycles. The summed E-state index contributed by atoms with van der Waals surface area (Å²) in [4.78, 5) is 6.68. The van der Waals surface area contributed by atoms with E-state index in [9.17, 15) is 8.42 Å². The molecule has 1 N–H and O–H groups in total. The van der Waals surface area contributed by atoms with Gasteiger partial charge in [0.2, 0.25) is 0 Å². The Bertz CT molecular complexity index is 529. The second-order valence-corrected chi connectivity index (χ2v) is 11.0. The van der Waals surface area contributed by atoms with Gasteiger partial charge in [0.15, 0.2) is 15.8 Å². The van der Waals surface area contributed by atoms with Crippen LogP contribution in [-0.2, 0) is 9.84 Å². The SMILES string of the molecule is CN=C(NCCS(=O)(=O)C(C)(C)C)N1CCC2(CCCCC2)C1. The quantitative estimate of drug-likeness (QED) is 0.631. The summed E-state index contributed by atoms with van der Waals surface area (Å²) >= 11 is 0. The van der Waals surface area contributed by atoms with Crippen LogP contribution in [0.2, 0.25) is 0 Å². The topological polar surface area (TPSA) is 61.8 Å². The predicted molar refractivity (Wildman–Crippen MR) is 96.6 cm³/mol. The summed E-state index contributed by atoms with van der Waals surface area (Å²) in [6.07, 6.45) is 7.98. The van der Waals surface area contributed by atoms with Crippen molar-refractivity contribution in [3.05, 3.63) is 0 Å². The molecule has 134 valence electrons. The number of sulfone groups is 1. The van der Waals surface area contributed by atoms with Gasteiger partial charge < -0.3 is 10.2 Å². The fourth-order valence-electron chi connectivity index (χ4n) is 3.76. The number of rotatable bonds is 3. The first-order valence-electron chi connectivity index (χ1n) is 8.87. The van der Waals surface area contributed by atoms with E-state index in [0.717, 1.165) is 19.0 Å². The summed E-state index contributed by atoms with van der Waals surface area (Å²) < 4.78 is 23.7. The molecule has 1 aliphatic carbocycles. The highest BCUT2D eigenvalue weighted by atomic mass is 32.2. The van der Waals surface area contributed by atoms with Crippen molar-refractivity contribution in [1.82, 2.24) is 10.2 Å². The Morgan fingerprint density at radius 3 is 2.39 bits per heavy atom. The number of nitrogens with one attached hydrogen (secondary N) is 1. The van der Waals surface area contributed by atoms with Crippen molar-refractivity contribution in [2.24, 2.45) is 10.4 Å². The minimum atomic E-state index is -3.09. The molecule has 0 aromatic heterocycles. The Labute approximate surface area is 141 Å². The zero-order valence-corrected chi connectivity index (χ0v) is 16.0. The fourth-order valence-corrected chi connectivity index (χ4v) is 4.74. The number of hydrogen-bond acceptors (Lipinski definition) is 3. The molecule has 0 aromatic rings. The van der Waals surface area contributed by atoms with E-state index in [4.69, 9.17) is 0 Å². The van der Waals surface area contributed by atoms with E-state index >= 15 is 0 Å². The lowest BCUT2D eigenvalue weighted by Crippen LogP contribution is -2.44. The van der Waals surface area contributed by atoms with E-state index in [1.807, 2.05) is 0 Å². The van der Waals surface area contributed by atoms with Gasteiger partial charge in [-0.3, -0.25) is 4.99 Å². The first kappa shape index (κ1) is 18.6. The van der Waals surface area contributed by atoms with Crippen LogP contribution < -0.4 is 5.32 Å². The smallest absolute Gasteiger partial charge is 0.193 e. The van der Waals surface area contributed by atoms with Gasteiger partial charge in [0.25, 0.3) is 0 Å². The highest BCUT2D eigenvalue weighted by Crippen LogP contribution is 2.43. The van der Waals surface area contributed by atoms with Gasteiger partial charge in [0.05, 0.1) is 10.5 Å². The molecule has 0 atom stereocenters. The minimum Gasteiger partial charge on any atom is -0.355 e. The third-order valence-corrected chi connectivity index (χ3v) is 8.06. The van der Waals surface area contributed by atoms with Crippen LogP contribution in [0.15, 0.2) is 4.99 Å². The van der Waals surface area contributed by atoms with Crippen LogP contribution in [0.4, 0.5) is 0 Å². The van der Waals surface area contributed by atoms with Crippen LogP contribution >= 0.6 is 0 Å². The summed E-state index contributed by atoms with van der Waals surface area (Å²) in [6.45, 7) is 7.79. The average Bonchev–Trinajstić information content (AvgIpc) is 2.86. The Morgan fingerprint density at radius 2 is 1.83 bits per heavy atom. The molecule has 1 saturated heterocycles. The van der Waals surface area contributed by atoms with Crippen molar-refractivity contribution in [1.29, 1.82) is 0 Å². The highest BCUT2D eigenvalue weighted by Gasteiger charge is 2.39. The van der Waals surface area contributed by atoms with Crippen LogP contribution in [-0.4, -0.2) is 56.5 Å². The molecule has 0 unspecified atom stereocenters. The molecule has 2 fully saturated rings. The van der Waals surface area contributed by atoms with Crippen LogP contribution in [0.1, 0.15) is 59.3 Å². The predicted octanol–water partition coefficient (Wildman–Crippen LogP) is 2.43. The lowest BCUT2D eigenvalue weighted by Gasteiger charge is -2.33. The highest BCUT2D eigenvalue weighted by molar-refractivity contribution is 7.92. The van der Waals surface area contributed by atoms with Crippen molar-refractivity contribution < 1.29 is 8.42 Å². The largest absolute Gasteiger partial charge is 0.355 e. The van der Waals surface area contributed by atoms with E-state index in [1.54, 1.807) is 27.8 Å². The minimum absolute atomic E-state index is 0.147. The van der Waals surface area contributed by atoms with Gasteiger partial charge in [-0.05, 0) is 45.4 Å². The summed E-state index contributed by atoms with van der Waals surface area (Å²) in [6, 6.07) is 0. The molecule has 2 aliphatic rings. The monoisotopic (exact) mass is 343 g/mol. The number of aliphatic imine (C=N–C) groups is 1. The van der Waals surface area contributed by atoms with Crippen molar-refractivity contribution in [2.75, 3.05) is 32.4 Å². The molecule has 2 rings (SSSR count). The van der Waals surface area contributed by atoms with Crippen molar-refractivity contribution in [3.8, 4) is 0 Å². The maximum atomic E-state index is 12.2. The van der Waals surface area contributed by atoms with Crippen LogP contribution in [0.5, 0.6) is 0 Å². The number of nitrogens with zero attached hydrogens (tertiary/aromatic N) is 2. The summed E-state index contributed by atoms with van der Waals surface area (Å²) in [7, 11) is -1.30. The van der Waals surface area contributed by atoms with E-state index < -0.39 is 14.6 Å². The standard InChI is InChI=1S/C17H33N3O2S/c1-16(2,3)23(21,22)13-11-19-15(18-4)20-12-10-17(14-20)8-6-5-7-9-17/h5-14H2,1-4H3,(H,18,19). The van der Waals surface area contributed by atoms with Crippen molar-refractivity contribution in [3.63, 3.8) is 0 Å². The van der Waals surface area contributed by atoms with E-state index in [0.29, 0.717) is 12.0 Å². The molecular weight excluding hydrogens is 310 g/mol. The van der Waals surface area contributed by atoms with Gasteiger partial charge in [-0.25, -0.2) is 8.42 Å². The summed E-state index contributed by atoms with van der Waals surface area (Å²) in [5.41, 5.74) is 0.480. The molecule has 0 radical (unpaired) electrons. The molecule has 6 heteroatoms. The van der Waals surface area contributed by atoms with Crippen LogP contribution in [0.25, 0.3) is 0 Å². The van der Waals surface area contributed by atoms with Crippen LogP contribution in [0, 0.1) is 5.41 Å². The van der Waals surface area contributed by atoms with Gasteiger partial charge in [-0.15, -0.1) is 0 Å². The Balaban J connectivity index is 1.87. The molecular formula is C17H33N3O2S. The molecule has 0 aromatic carbocycles. The van der Waals surface area contributed by atoms with Crippen LogP contribution in [0.3, 0.4) is 0 Å². The summed E-state index contributed by atoms with van der Waals surface area (Å²) in [5, 5.41) is 3.26. The van der Waals surface area contributed by atoms with E-state index in [-0.39, 0.29) is 5.75 Å². The lowest BCUT2D eigenvalue weighted by atomic mass is 9.73. The van der Waals surface area contributed by atoms with Gasteiger partial charge in [0, 0.05) is 26.7 Å². The fraction of sp³-hybridized carbons (Fsp3) is 0.941. The second-order valence-electron chi connectivity index (χ2n) is 8.14. The average molecular weight is 344 g/mol. The molecule has 0 bridgehead atoms. The van der Waals surface area contributed by atoms with Crippen molar-refractivity contribution in [2.45, 2.75) is 64.0 Å². The molecule has 5 nitrogen and oxygen atoms in total. The number of hydrogen-bond donors (Lipinski definition) is 1. The maximum Gasteiger partial charge on any atom is 0.193 e. The van der Waals surface area contributed by atoms with Gasteiger partial charge in [-0.1, -0.05) is 19.3 Å². The first-order chi connectivity index (χ1) is 10.7. The first-order valence-corrected chi connectivity index (χ1v) is 10.5. The third kappa shape index (κ3) is 4.40. The lowest BCUT2D eigenvalue weighted by molar-refractivity contribution is 0.203. The Morgan fingerprint density at radius 1 is 1.17 bits per heavy atom. The number of guanidine groups is 1. The van der Waals surface area contributed by atoms with Crippen molar-refractivity contribution >= 4 is 15.8 Å².